The van der Waals surface area contributed by atoms with E-state index in [4.69, 9.17) is 0 Å². The van der Waals surface area contributed by atoms with E-state index in [-0.39, 0.29) is 5.82 Å². The third-order valence-corrected chi connectivity index (χ3v) is 4.59. The van der Waals surface area contributed by atoms with Crippen molar-refractivity contribution in [2.75, 3.05) is 16.3 Å². The maximum Gasteiger partial charge on any atom is 0.229 e. The Kier molecular flexibility index (Phi) is 4.82. The molecule has 0 aliphatic heterocycles. The third-order valence-electron chi connectivity index (χ3n) is 4.15. The number of aromatic nitrogens is 5. The van der Waals surface area contributed by atoms with Gasteiger partial charge in [-0.25, -0.2) is 14.4 Å². The summed E-state index contributed by atoms with van der Waals surface area (Å²) in [5, 5.41) is 7.99. The van der Waals surface area contributed by atoms with Crippen molar-refractivity contribution >= 4 is 40.3 Å². The first kappa shape index (κ1) is 18.2. The minimum atomic E-state index is -0.305. The zero-order valence-electron chi connectivity index (χ0n) is 15.6. The molecule has 28 heavy (non-hydrogen) atoms. The molecule has 0 fully saturated rings. The average Bonchev–Trinajstić information content (AvgIpc) is 3.05. The maximum absolute atomic E-state index is 14.0. The molecule has 3 heterocycles. The summed E-state index contributed by atoms with van der Waals surface area (Å²) >= 11 is 1.41. The number of anilines is 3. The molecule has 9 heteroatoms. The van der Waals surface area contributed by atoms with E-state index in [0.717, 1.165) is 27.9 Å². The summed E-state index contributed by atoms with van der Waals surface area (Å²) in [6.45, 7) is 1.89. The van der Waals surface area contributed by atoms with Crippen LogP contribution in [0.1, 0.15) is 5.69 Å². The minimum Gasteiger partial charge on any atom is -0.330 e. The number of pyridine rings is 1. The number of rotatable bonds is 5. The van der Waals surface area contributed by atoms with Crippen molar-refractivity contribution < 1.29 is 4.39 Å². The van der Waals surface area contributed by atoms with Crippen molar-refractivity contribution in [3.05, 3.63) is 54.4 Å². The first-order valence-corrected chi connectivity index (χ1v) is 9.74. The highest BCUT2D eigenvalue weighted by molar-refractivity contribution is 7.99. The van der Waals surface area contributed by atoms with Crippen molar-refractivity contribution in [2.45, 2.75) is 6.92 Å². The van der Waals surface area contributed by atoms with Gasteiger partial charge in [0.05, 0.1) is 11.9 Å². The van der Waals surface area contributed by atoms with Crippen molar-refractivity contribution in [2.24, 2.45) is 7.05 Å². The fourth-order valence-corrected chi connectivity index (χ4v) is 3.30. The fourth-order valence-electron chi connectivity index (χ4n) is 2.94. The minimum absolute atomic E-state index is 0.305. The molecule has 4 aromatic rings. The molecule has 1 aromatic carbocycles. The number of nitrogens with one attached hydrogen (secondary N) is 2. The number of nitrogens with zero attached hydrogens (tertiary/aromatic N) is 5. The van der Waals surface area contributed by atoms with Gasteiger partial charge in [-0.15, -0.1) is 0 Å². The predicted molar refractivity (Wildman–Crippen MR) is 111 cm³/mol. The van der Waals surface area contributed by atoms with Crippen LogP contribution in [0.2, 0.25) is 0 Å². The van der Waals surface area contributed by atoms with E-state index in [1.807, 2.05) is 38.6 Å². The molecule has 142 valence electrons. The van der Waals surface area contributed by atoms with Gasteiger partial charge in [-0.05, 0) is 36.8 Å². The lowest BCUT2D eigenvalue weighted by Gasteiger charge is -2.11. The summed E-state index contributed by atoms with van der Waals surface area (Å²) in [4.78, 5) is 13.4. The summed E-state index contributed by atoms with van der Waals surface area (Å²) in [6, 6.07) is 6.79. The molecular formula is C19H18FN7S. The second kappa shape index (κ2) is 7.43. The molecule has 2 N–H and O–H groups in total. The highest BCUT2D eigenvalue weighted by Gasteiger charge is 2.11. The van der Waals surface area contributed by atoms with Gasteiger partial charge in [0.1, 0.15) is 5.82 Å². The van der Waals surface area contributed by atoms with Crippen LogP contribution >= 0.6 is 11.9 Å². The van der Waals surface area contributed by atoms with Crippen molar-refractivity contribution in [1.82, 2.24) is 24.7 Å². The van der Waals surface area contributed by atoms with E-state index < -0.39 is 0 Å². The maximum atomic E-state index is 14.0. The molecule has 0 aliphatic rings. The van der Waals surface area contributed by atoms with Gasteiger partial charge in [-0.1, -0.05) is 11.9 Å². The number of hydrogen-bond acceptors (Lipinski definition) is 7. The lowest BCUT2D eigenvalue weighted by molar-refractivity contribution is 0.629. The lowest BCUT2D eigenvalue weighted by Crippen LogP contribution is -1.99. The standard InChI is InChI=1S/C19H18FN7S/c1-11-17(12-4-14(20)7-15(5-12)26-28-3)6-13-8-21-19(25-18(13)23-11)24-16-9-22-27(2)10-16/h4-10,26H,1-3H3,(H,21,23,24,25). The van der Waals surface area contributed by atoms with Crippen LogP contribution in [0.3, 0.4) is 0 Å². The van der Waals surface area contributed by atoms with Gasteiger partial charge < -0.3 is 10.0 Å². The number of benzene rings is 1. The van der Waals surface area contributed by atoms with Crippen LogP contribution in [0.4, 0.5) is 21.7 Å². The molecule has 0 amide bonds. The van der Waals surface area contributed by atoms with Gasteiger partial charge in [-0.3, -0.25) is 4.68 Å². The van der Waals surface area contributed by atoms with Gasteiger partial charge in [0.25, 0.3) is 0 Å². The number of aryl methyl sites for hydroxylation is 2. The van der Waals surface area contributed by atoms with Crippen molar-refractivity contribution in [1.29, 1.82) is 0 Å². The second-order valence-corrected chi connectivity index (χ2v) is 6.90. The highest BCUT2D eigenvalue weighted by Crippen LogP contribution is 2.29. The summed E-state index contributed by atoms with van der Waals surface area (Å²) in [5.74, 6) is 0.137. The molecule has 0 radical (unpaired) electrons. The smallest absolute Gasteiger partial charge is 0.229 e. The largest absolute Gasteiger partial charge is 0.330 e. The Morgan fingerprint density at radius 2 is 1.93 bits per heavy atom. The van der Waals surface area contributed by atoms with Crippen molar-refractivity contribution in [3.8, 4) is 11.1 Å². The number of halogens is 1. The monoisotopic (exact) mass is 395 g/mol. The van der Waals surface area contributed by atoms with Crippen molar-refractivity contribution in [3.63, 3.8) is 0 Å². The van der Waals surface area contributed by atoms with Crippen LogP contribution in [-0.4, -0.2) is 31.0 Å². The van der Waals surface area contributed by atoms with Crippen LogP contribution < -0.4 is 10.0 Å². The van der Waals surface area contributed by atoms with Gasteiger partial charge in [0.2, 0.25) is 5.95 Å². The van der Waals surface area contributed by atoms with Crippen LogP contribution in [0, 0.1) is 12.7 Å². The molecule has 0 bridgehead atoms. The summed E-state index contributed by atoms with van der Waals surface area (Å²) in [6.07, 6.45) is 7.12. The molecule has 0 atom stereocenters. The van der Waals surface area contributed by atoms with Gasteiger partial charge in [-0.2, -0.15) is 10.1 Å². The molecular weight excluding hydrogens is 377 g/mol. The third kappa shape index (κ3) is 3.74. The Bertz CT molecular complexity index is 1160. The van der Waals surface area contributed by atoms with E-state index in [1.165, 1.54) is 24.1 Å². The summed E-state index contributed by atoms with van der Waals surface area (Å²) < 4.78 is 18.8. The molecule has 0 spiro atoms. The van der Waals surface area contributed by atoms with Gasteiger partial charge in [0.15, 0.2) is 5.65 Å². The van der Waals surface area contributed by atoms with E-state index in [1.54, 1.807) is 17.1 Å². The fraction of sp³-hybridized carbons (Fsp3) is 0.158. The lowest BCUT2D eigenvalue weighted by atomic mass is 10.0. The second-order valence-electron chi connectivity index (χ2n) is 6.29. The van der Waals surface area contributed by atoms with Crippen LogP contribution in [0.5, 0.6) is 0 Å². The SMILES string of the molecule is CSNc1cc(F)cc(-c2cc3cnc(Nc4cnn(C)c4)nc3nc2C)c1. The summed E-state index contributed by atoms with van der Waals surface area (Å²) in [5.41, 5.74) is 4.42. The average molecular weight is 395 g/mol. The Balaban J connectivity index is 1.72. The first-order valence-electron chi connectivity index (χ1n) is 8.52. The molecule has 0 saturated heterocycles. The molecule has 0 aliphatic carbocycles. The van der Waals surface area contributed by atoms with E-state index in [9.17, 15) is 4.39 Å². The van der Waals surface area contributed by atoms with Gasteiger partial charge >= 0.3 is 0 Å². The Labute approximate surface area is 165 Å². The van der Waals surface area contributed by atoms with E-state index in [0.29, 0.717) is 17.3 Å². The summed E-state index contributed by atoms with van der Waals surface area (Å²) in [7, 11) is 1.84. The Morgan fingerprint density at radius 1 is 1.07 bits per heavy atom. The van der Waals surface area contributed by atoms with Crippen LogP contribution in [0.25, 0.3) is 22.2 Å². The van der Waals surface area contributed by atoms with E-state index in [2.05, 4.69) is 30.1 Å². The van der Waals surface area contributed by atoms with E-state index >= 15 is 0 Å². The van der Waals surface area contributed by atoms with Crippen LogP contribution in [-0.2, 0) is 7.05 Å². The zero-order chi connectivity index (χ0) is 19.7. The normalized spacial score (nSPS) is 11.0. The predicted octanol–water partition coefficient (Wildman–Crippen LogP) is 4.31. The Hall–Kier alpha value is -3.20. The topological polar surface area (TPSA) is 80.5 Å². The van der Waals surface area contributed by atoms with Gasteiger partial charge in [0, 0.05) is 48.0 Å². The molecule has 7 nitrogen and oxygen atoms in total. The quantitative estimate of drug-likeness (QED) is 0.488. The highest BCUT2D eigenvalue weighted by atomic mass is 32.2. The zero-order valence-corrected chi connectivity index (χ0v) is 16.4. The molecule has 0 saturated carbocycles. The molecule has 0 unspecified atom stereocenters. The number of fused-ring (bicyclic) bond motifs is 1. The number of hydrogen-bond donors (Lipinski definition) is 2. The first-order chi connectivity index (χ1) is 13.5. The molecule has 4 rings (SSSR count). The molecule has 3 aromatic heterocycles. The Morgan fingerprint density at radius 3 is 2.68 bits per heavy atom. The van der Waals surface area contributed by atoms with Crippen LogP contribution in [0.15, 0.2) is 42.9 Å².